The first-order valence-electron chi connectivity index (χ1n) is 13.9. The van der Waals surface area contributed by atoms with Crippen LogP contribution < -0.4 is 20.4 Å². The van der Waals surface area contributed by atoms with E-state index in [1.54, 1.807) is 25.1 Å². The molecule has 0 bridgehead atoms. The molecular formula is C30H33Cl2FN4O5. The summed E-state index contributed by atoms with van der Waals surface area (Å²) in [6.45, 7) is 6.28. The summed E-state index contributed by atoms with van der Waals surface area (Å²) in [5.41, 5.74) is 0.575. The molecule has 5 rings (SSSR count). The number of carbonyl (C=O) groups excluding carboxylic acids is 1. The Morgan fingerprint density at radius 2 is 1.83 bits per heavy atom. The number of rotatable bonds is 8. The van der Waals surface area contributed by atoms with Crippen molar-refractivity contribution in [2.75, 3.05) is 25.1 Å². The largest absolute Gasteiger partial charge is 0.492 e. The van der Waals surface area contributed by atoms with Crippen LogP contribution >= 0.6 is 23.2 Å². The Hall–Kier alpha value is -3.34. The molecule has 2 fully saturated rings. The van der Waals surface area contributed by atoms with Crippen molar-refractivity contribution in [1.82, 2.24) is 14.8 Å². The fourth-order valence-electron chi connectivity index (χ4n) is 6.08. The van der Waals surface area contributed by atoms with Gasteiger partial charge in [-0.2, -0.15) is 0 Å². The van der Waals surface area contributed by atoms with Gasteiger partial charge in [-0.3, -0.25) is 19.3 Å². The third-order valence-electron chi connectivity index (χ3n) is 8.15. The molecule has 2 aliphatic rings. The number of ether oxygens (including phenoxy) is 1. The number of hydrogen-bond acceptors (Lipinski definition) is 6. The van der Waals surface area contributed by atoms with Crippen LogP contribution in [0, 0.1) is 5.82 Å². The van der Waals surface area contributed by atoms with Crippen molar-refractivity contribution < 1.29 is 23.8 Å². The number of nitrogens with zero attached hydrogens (tertiary/aromatic N) is 3. The van der Waals surface area contributed by atoms with Crippen molar-refractivity contribution >= 4 is 51.7 Å². The van der Waals surface area contributed by atoms with Gasteiger partial charge in [0, 0.05) is 54.0 Å². The third-order valence-corrected chi connectivity index (χ3v) is 8.74. The van der Waals surface area contributed by atoms with E-state index < -0.39 is 29.2 Å². The topological polar surface area (TPSA) is 104 Å². The van der Waals surface area contributed by atoms with E-state index in [9.17, 15) is 19.5 Å². The number of carboxylic acids is 1. The van der Waals surface area contributed by atoms with Gasteiger partial charge >= 0.3 is 5.97 Å². The maximum absolute atomic E-state index is 16.0. The number of pyridine rings is 1. The van der Waals surface area contributed by atoms with E-state index >= 15 is 4.39 Å². The normalized spacial score (nSPS) is 20.0. The highest BCUT2D eigenvalue weighted by Crippen LogP contribution is 2.44. The van der Waals surface area contributed by atoms with Gasteiger partial charge in [-0.15, -0.1) is 0 Å². The summed E-state index contributed by atoms with van der Waals surface area (Å²) >= 11 is 12.2. The Kier molecular flexibility index (Phi) is 8.42. The lowest BCUT2D eigenvalue weighted by atomic mass is 10.0. The van der Waals surface area contributed by atoms with Crippen LogP contribution in [-0.2, 0) is 11.3 Å². The molecule has 2 N–H and O–H groups in total. The van der Waals surface area contributed by atoms with E-state index in [4.69, 9.17) is 27.9 Å². The molecule has 1 aromatic heterocycles. The summed E-state index contributed by atoms with van der Waals surface area (Å²) in [6, 6.07) is 5.07. The van der Waals surface area contributed by atoms with Gasteiger partial charge in [-0.1, -0.05) is 29.3 Å². The summed E-state index contributed by atoms with van der Waals surface area (Å²) in [5, 5.41) is 13.2. The molecule has 42 heavy (non-hydrogen) atoms. The van der Waals surface area contributed by atoms with Gasteiger partial charge < -0.3 is 24.6 Å². The molecule has 1 saturated carbocycles. The van der Waals surface area contributed by atoms with Crippen LogP contribution in [0.5, 0.6) is 5.75 Å². The number of aliphatic carboxylic acids is 1. The van der Waals surface area contributed by atoms with E-state index in [0.29, 0.717) is 34.2 Å². The van der Waals surface area contributed by atoms with Gasteiger partial charge in [0.15, 0.2) is 11.6 Å². The summed E-state index contributed by atoms with van der Waals surface area (Å²) < 4.78 is 23.6. The molecule has 1 aliphatic carbocycles. The minimum Gasteiger partial charge on any atom is -0.492 e. The number of piperazine rings is 1. The molecule has 2 aromatic carbocycles. The zero-order chi connectivity index (χ0) is 30.5. The highest BCUT2D eigenvalue weighted by molar-refractivity contribution is 6.35. The predicted molar refractivity (Wildman–Crippen MR) is 161 cm³/mol. The molecule has 1 unspecified atom stereocenters. The first kappa shape index (κ1) is 30.1. The minimum absolute atomic E-state index is 0.0312. The molecular weight excluding hydrogens is 586 g/mol. The van der Waals surface area contributed by atoms with Crippen molar-refractivity contribution in [3.63, 3.8) is 0 Å². The molecule has 3 atom stereocenters. The molecule has 3 aromatic rings. The summed E-state index contributed by atoms with van der Waals surface area (Å²) in [7, 11) is 1.44. The number of nitrogens with one attached hydrogen (secondary N) is 1. The Balaban J connectivity index is 1.54. The van der Waals surface area contributed by atoms with Crippen LogP contribution in [0.25, 0.3) is 10.9 Å². The lowest BCUT2D eigenvalue weighted by Crippen LogP contribution is -2.61. The third kappa shape index (κ3) is 5.55. The highest BCUT2D eigenvalue weighted by atomic mass is 35.5. The second kappa shape index (κ2) is 11.7. The van der Waals surface area contributed by atoms with Crippen LogP contribution in [0.15, 0.2) is 35.3 Å². The van der Waals surface area contributed by atoms with Gasteiger partial charge in [0.25, 0.3) is 5.91 Å². The number of anilines is 1. The molecule has 2 heterocycles. The Morgan fingerprint density at radius 1 is 1.17 bits per heavy atom. The number of aromatic nitrogens is 1. The smallest absolute Gasteiger partial charge is 0.320 e. The van der Waals surface area contributed by atoms with Crippen LogP contribution in [0.3, 0.4) is 0 Å². The molecule has 1 amide bonds. The number of benzene rings is 2. The average Bonchev–Trinajstić information content (AvgIpc) is 3.77. The summed E-state index contributed by atoms with van der Waals surface area (Å²) in [6.07, 6.45) is 3.22. The molecule has 0 spiro atoms. The minimum atomic E-state index is -0.916. The number of carbonyl (C=O) groups is 2. The van der Waals surface area contributed by atoms with Gasteiger partial charge in [0.05, 0.1) is 18.0 Å². The number of hydrogen-bond donors (Lipinski definition) is 2. The SMILES string of the molecule is COc1c(N2C[C@@H](C)N(C(C)C(=O)O)[C@@H](C)C2)c(F)cc2c(=O)c(C(=O)NCc3ccc(Cl)cc3Cl)cn(C3CC3)c12. The van der Waals surface area contributed by atoms with Crippen molar-refractivity contribution in [2.45, 2.75) is 64.3 Å². The van der Waals surface area contributed by atoms with Gasteiger partial charge in [-0.25, -0.2) is 4.39 Å². The van der Waals surface area contributed by atoms with Gasteiger partial charge in [-0.05, 0) is 57.4 Å². The van der Waals surface area contributed by atoms with Crippen LogP contribution in [0.1, 0.15) is 55.6 Å². The van der Waals surface area contributed by atoms with Crippen molar-refractivity contribution in [3.8, 4) is 5.75 Å². The van der Waals surface area contributed by atoms with Crippen molar-refractivity contribution in [1.29, 1.82) is 0 Å². The van der Waals surface area contributed by atoms with E-state index in [0.717, 1.165) is 12.8 Å². The average molecular weight is 620 g/mol. The lowest BCUT2D eigenvalue weighted by molar-refractivity contribution is -0.144. The number of carboxylic acid groups (broad SMARTS) is 1. The summed E-state index contributed by atoms with van der Waals surface area (Å²) in [5.74, 6) is -1.95. The van der Waals surface area contributed by atoms with E-state index in [-0.39, 0.29) is 47.1 Å². The predicted octanol–water partition coefficient (Wildman–Crippen LogP) is 5.09. The quantitative estimate of drug-likeness (QED) is 0.362. The van der Waals surface area contributed by atoms with Crippen molar-refractivity contribution in [3.05, 3.63) is 67.7 Å². The molecule has 1 aliphatic heterocycles. The van der Waals surface area contributed by atoms with E-state index in [1.165, 1.54) is 19.4 Å². The lowest BCUT2D eigenvalue weighted by Gasteiger charge is -2.47. The van der Waals surface area contributed by atoms with Gasteiger partial charge in [0.1, 0.15) is 17.3 Å². The second-order valence-electron chi connectivity index (χ2n) is 11.1. The molecule has 224 valence electrons. The monoisotopic (exact) mass is 618 g/mol. The number of halogens is 3. The molecule has 0 radical (unpaired) electrons. The fraction of sp³-hybridized carbons (Fsp3) is 0.433. The van der Waals surface area contributed by atoms with Crippen LogP contribution in [0.2, 0.25) is 10.0 Å². The zero-order valence-electron chi connectivity index (χ0n) is 23.8. The second-order valence-corrected chi connectivity index (χ2v) is 12.0. The Labute approximate surface area is 252 Å². The van der Waals surface area contributed by atoms with Crippen LogP contribution in [-0.4, -0.2) is 64.8 Å². The number of methoxy groups -OCH3 is 1. The Bertz CT molecular complexity index is 1610. The molecule has 9 nitrogen and oxygen atoms in total. The maximum atomic E-state index is 16.0. The standard InChI is InChI=1S/C30H33Cl2FN4O5/c1-15-12-35(13-16(2)37(15)17(3)30(40)41)26-24(33)10-21-25(28(26)42-4)36(20-7-8-20)14-22(27(21)38)29(39)34-11-18-5-6-19(31)9-23(18)32/h5-6,9-10,14-17,20H,7-8,11-13H2,1-4H3,(H,34,39)(H,40,41)/t15-,16+,17?. The molecule has 12 heteroatoms. The summed E-state index contributed by atoms with van der Waals surface area (Å²) in [4.78, 5) is 42.4. The number of fused-ring (bicyclic) bond motifs is 1. The van der Waals surface area contributed by atoms with Crippen LogP contribution in [0.4, 0.5) is 10.1 Å². The first-order valence-corrected chi connectivity index (χ1v) is 14.6. The molecule has 1 saturated heterocycles. The van der Waals surface area contributed by atoms with E-state index in [1.807, 2.05) is 28.2 Å². The highest BCUT2D eigenvalue weighted by Gasteiger charge is 2.38. The van der Waals surface area contributed by atoms with E-state index in [2.05, 4.69) is 5.32 Å². The zero-order valence-corrected chi connectivity index (χ0v) is 25.3. The first-order chi connectivity index (χ1) is 19.9. The fourth-order valence-corrected chi connectivity index (χ4v) is 6.55. The number of amides is 1. The van der Waals surface area contributed by atoms with Crippen molar-refractivity contribution in [2.24, 2.45) is 0 Å². The van der Waals surface area contributed by atoms with Gasteiger partial charge in [0.2, 0.25) is 5.43 Å². The Morgan fingerprint density at radius 3 is 2.40 bits per heavy atom. The maximum Gasteiger partial charge on any atom is 0.320 e.